The number of nitrogens with zero attached hydrogens (tertiary/aromatic N) is 2. The molecule has 0 fully saturated rings. The van der Waals surface area contributed by atoms with Crippen molar-refractivity contribution in [3.05, 3.63) is 23.2 Å². The highest BCUT2D eigenvalue weighted by molar-refractivity contribution is 6.28. The number of hydrogen-bond donors (Lipinski definition) is 0. The van der Waals surface area contributed by atoms with Gasteiger partial charge in [0, 0.05) is 12.4 Å². The third kappa shape index (κ3) is 3.94. The van der Waals surface area contributed by atoms with Gasteiger partial charge in [-0.25, -0.2) is 9.97 Å². The summed E-state index contributed by atoms with van der Waals surface area (Å²) in [5, 5.41) is 0.312. The largest absolute Gasteiger partial charge is 0.226 e. The Hall–Kier alpha value is -0.630. The molecule has 1 aromatic rings. The fourth-order valence-corrected chi connectivity index (χ4v) is 0.619. The van der Waals surface area contributed by atoms with Gasteiger partial charge in [-0.2, -0.15) is 0 Å². The minimum Gasteiger partial charge on any atom is -0.226 e. The number of halogens is 1. The molecule has 62 valence electrons. The van der Waals surface area contributed by atoms with Crippen LogP contribution < -0.4 is 0 Å². The molecular weight excluding hydrogens is 160 g/mol. The Labute approximate surface area is 72.6 Å². The topological polar surface area (TPSA) is 25.8 Å². The van der Waals surface area contributed by atoms with Crippen molar-refractivity contribution >= 4 is 11.6 Å². The molecule has 0 spiro atoms. The second kappa shape index (κ2) is 6.10. The van der Waals surface area contributed by atoms with E-state index in [-0.39, 0.29) is 0 Å². The van der Waals surface area contributed by atoms with Crippen LogP contribution in [0, 0.1) is 0 Å². The van der Waals surface area contributed by atoms with Crippen LogP contribution in [0.4, 0.5) is 0 Å². The van der Waals surface area contributed by atoms with Crippen LogP contribution in [0.15, 0.2) is 12.4 Å². The SMILES string of the molecule is CC.CCc1cnc(Cl)nc1. The van der Waals surface area contributed by atoms with E-state index in [1.165, 1.54) is 0 Å². The lowest BCUT2D eigenvalue weighted by Gasteiger charge is -1.91. The average molecular weight is 173 g/mol. The predicted octanol–water partition coefficient (Wildman–Crippen LogP) is 2.72. The molecule has 11 heavy (non-hydrogen) atoms. The molecule has 2 nitrogen and oxygen atoms in total. The predicted molar refractivity (Wildman–Crippen MR) is 47.8 cm³/mol. The molecule has 0 bridgehead atoms. The van der Waals surface area contributed by atoms with Gasteiger partial charge in [-0.15, -0.1) is 0 Å². The first-order valence-electron chi connectivity index (χ1n) is 3.79. The fraction of sp³-hybridized carbons (Fsp3) is 0.500. The smallest absolute Gasteiger partial charge is 0.222 e. The van der Waals surface area contributed by atoms with Crippen molar-refractivity contribution in [1.29, 1.82) is 0 Å². The van der Waals surface area contributed by atoms with E-state index in [1.54, 1.807) is 12.4 Å². The van der Waals surface area contributed by atoms with Gasteiger partial charge >= 0.3 is 0 Å². The van der Waals surface area contributed by atoms with Crippen LogP contribution in [0.2, 0.25) is 5.28 Å². The van der Waals surface area contributed by atoms with Crippen LogP contribution in [0.1, 0.15) is 26.3 Å². The van der Waals surface area contributed by atoms with E-state index in [2.05, 4.69) is 9.97 Å². The second-order valence-corrected chi connectivity index (χ2v) is 2.05. The summed E-state index contributed by atoms with van der Waals surface area (Å²) in [6.07, 6.45) is 4.42. The standard InChI is InChI=1S/C6H7ClN2.C2H6/c1-2-5-3-8-6(7)9-4-5;1-2/h3-4H,2H2,1H3;1-2H3. The van der Waals surface area contributed by atoms with Crippen LogP contribution in [0.25, 0.3) is 0 Å². The first-order chi connectivity index (χ1) is 5.33. The third-order valence-corrected chi connectivity index (χ3v) is 1.28. The molecule has 0 N–H and O–H groups in total. The first kappa shape index (κ1) is 10.4. The molecule has 0 aliphatic carbocycles. The summed E-state index contributed by atoms with van der Waals surface area (Å²) in [6, 6.07) is 0. The van der Waals surface area contributed by atoms with Crippen molar-refractivity contribution in [1.82, 2.24) is 9.97 Å². The maximum atomic E-state index is 5.45. The maximum Gasteiger partial charge on any atom is 0.222 e. The monoisotopic (exact) mass is 172 g/mol. The Morgan fingerprint density at radius 2 is 1.73 bits per heavy atom. The van der Waals surface area contributed by atoms with Crippen molar-refractivity contribution < 1.29 is 0 Å². The van der Waals surface area contributed by atoms with E-state index >= 15 is 0 Å². The number of aromatic nitrogens is 2. The minimum atomic E-state index is 0.312. The Balaban J connectivity index is 0.000000461. The summed E-state index contributed by atoms with van der Waals surface area (Å²) in [5.41, 5.74) is 1.11. The maximum absolute atomic E-state index is 5.45. The molecule has 0 saturated carbocycles. The van der Waals surface area contributed by atoms with E-state index in [9.17, 15) is 0 Å². The van der Waals surface area contributed by atoms with Gasteiger partial charge in [0.15, 0.2) is 0 Å². The molecule has 0 radical (unpaired) electrons. The van der Waals surface area contributed by atoms with E-state index in [0.717, 1.165) is 12.0 Å². The zero-order chi connectivity index (χ0) is 8.69. The van der Waals surface area contributed by atoms with Gasteiger partial charge in [0.1, 0.15) is 0 Å². The number of hydrogen-bond acceptors (Lipinski definition) is 2. The van der Waals surface area contributed by atoms with Gasteiger partial charge in [-0.05, 0) is 23.6 Å². The van der Waals surface area contributed by atoms with Gasteiger partial charge in [0.25, 0.3) is 0 Å². The highest BCUT2D eigenvalue weighted by Crippen LogP contribution is 1.99. The van der Waals surface area contributed by atoms with Crippen LogP contribution in [0.5, 0.6) is 0 Å². The van der Waals surface area contributed by atoms with Crippen LogP contribution in [0.3, 0.4) is 0 Å². The zero-order valence-electron chi connectivity index (χ0n) is 7.13. The van der Waals surface area contributed by atoms with E-state index < -0.39 is 0 Å². The van der Waals surface area contributed by atoms with Crippen molar-refractivity contribution in [2.75, 3.05) is 0 Å². The van der Waals surface area contributed by atoms with Gasteiger partial charge < -0.3 is 0 Å². The summed E-state index contributed by atoms with van der Waals surface area (Å²) < 4.78 is 0. The highest BCUT2D eigenvalue weighted by atomic mass is 35.5. The van der Waals surface area contributed by atoms with Gasteiger partial charge in [0.05, 0.1) is 0 Å². The molecule has 0 aliphatic heterocycles. The summed E-state index contributed by atoms with van der Waals surface area (Å²) in [6.45, 7) is 6.05. The molecule has 1 heterocycles. The van der Waals surface area contributed by atoms with E-state index in [0.29, 0.717) is 5.28 Å². The van der Waals surface area contributed by atoms with E-state index in [1.807, 2.05) is 20.8 Å². The van der Waals surface area contributed by atoms with Crippen molar-refractivity contribution in [3.8, 4) is 0 Å². The fourth-order valence-electron chi connectivity index (χ4n) is 0.522. The van der Waals surface area contributed by atoms with Gasteiger partial charge in [0.2, 0.25) is 5.28 Å². The molecule has 1 aromatic heterocycles. The third-order valence-electron chi connectivity index (χ3n) is 1.08. The second-order valence-electron chi connectivity index (χ2n) is 1.71. The average Bonchev–Trinajstić information content (AvgIpc) is 2.10. The molecule has 0 amide bonds. The number of rotatable bonds is 1. The summed E-state index contributed by atoms with van der Waals surface area (Å²) >= 11 is 5.45. The molecule has 0 aromatic carbocycles. The van der Waals surface area contributed by atoms with Crippen molar-refractivity contribution in [2.24, 2.45) is 0 Å². The Morgan fingerprint density at radius 1 is 1.27 bits per heavy atom. The Bertz CT molecular complexity index is 184. The molecular formula is C8H13ClN2. The van der Waals surface area contributed by atoms with Crippen LogP contribution in [-0.4, -0.2) is 9.97 Å². The molecule has 0 saturated heterocycles. The lowest BCUT2D eigenvalue weighted by Crippen LogP contribution is -1.85. The highest BCUT2D eigenvalue weighted by Gasteiger charge is 1.89. The lowest BCUT2D eigenvalue weighted by molar-refractivity contribution is 1.04. The van der Waals surface area contributed by atoms with Crippen molar-refractivity contribution in [2.45, 2.75) is 27.2 Å². The summed E-state index contributed by atoms with van der Waals surface area (Å²) in [4.78, 5) is 7.61. The quantitative estimate of drug-likeness (QED) is 0.609. The molecule has 0 unspecified atom stereocenters. The Kier molecular flexibility index (Phi) is 5.75. The van der Waals surface area contributed by atoms with Crippen molar-refractivity contribution in [3.63, 3.8) is 0 Å². The van der Waals surface area contributed by atoms with E-state index in [4.69, 9.17) is 11.6 Å². The van der Waals surface area contributed by atoms with Crippen LogP contribution >= 0.6 is 11.6 Å². The Morgan fingerprint density at radius 3 is 2.09 bits per heavy atom. The van der Waals surface area contributed by atoms with Gasteiger partial charge in [-0.1, -0.05) is 20.8 Å². The zero-order valence-corrected chi connectivity index (χ0v) is 7.89. The molecule has 1 rings (SSSR count). The molecule has 0 atom stereocenters. The molecule has 3 heteroatoms. The minimum absolute atomic E-state index is 0.312. The first-order valence-corrected chi connectivity index (χ1v) is 4.17. The summed E-state index contributed by atoms with van der Waals surface area (Å²) in [7, 11) is 0. The number of aryl methyl sites for hydroxylation is 1. The molecule has 0 aliphatic rings. The lowest BCUT2D eigenvalue weighted by atomic mass is 10.3. The van der Waals surface area contributed by atoms with Crippen LogP contribution in [-0.2, 0) is 6.42 Å². The summed E-state index contributed by atoms with van der Waals surface area (Å²) in [5.74, 6) is 0. The normalized spacial score (nSPS) is 8.36. The van der Waals surface area contributed by atoms with Gasteiger partial charge in [-0.3, -0.25) is 0 Å².